The van der Waals surface area contributed by atoms with Gasteiger partial charge in [-0.3, -0.25) is 9.69 Å². The Kier molecular flexibility index (Phi) is 38.8. The predicted octanol–water partition coefficient (Wildman–Crippen LogP) is 8.82. The van der Waals surface area contributed by atoms with Crippen molar-refractivity contribution in [2.24, 2.45) is 29.0 Å². The van der Waals surface area contributed by atoms with Crippen LogP contribution < -0.4 is 17.2 Å². The lowest BCUT2D eigenvalue weighted by atomic mass is 9.80. The second kappa shape index (κ2) is 42.6. The molecule has 3 aliphatic heterocycles. The molecule has 5 unspecified atom stereocenters. The maximum Gasteiger partial charge on any atom is 0.451 e. The van der Waals surface area contributed by atoms with Gasteiger partial charge in [-0.25, -0.2) is 4.39 Å². The largest absolute Gasteiger partial charge is 0.480 e. The molecule has 18 heteroatoms. The Labute approximate surface area is 484 Å². The van der Waals surface area contributed by atoms with Crippen LogP contribution in [0.5, 0.6) is 0 Å². The first-order valence-corrected chi connectivity index (χ1v) is 31.1. The summed E-state index contributed by atoms with van der Waals surface area (Å²) in [6.45, 7) is 19.9. The minimum absolute atomic E-state index is 0.164. The van der Waals surface area contributed by atoms with Crippen LogP contribution in [0.25, 0.3) is 0 Å². The summed E-state index contributed by atoms with van der Waals surface area (Å²) < 4.78 is 13.0. The minimum Gasteiger partial charge on any atom is -0.480 e. The number of piperidine rings is 2. The third kappa shape index (κ3) is 30.9. The Morgan fingerprint density at radius 2 is 1.14 bits per heavy atom. The summed E-state index contributed by atoms with van der Waals surface area (Å²) in [7, 11) is -3.70. The third-order valence-corrected chi connectivity index (χ3v) is 16.4. The van der Waals surface area contributed by atoms with Crippen LogP contribution in [0.1, 0.15) is 173 Å². The summed E-state index contributed by atoms with van der Waals surface area (Å²) in [6.07, 6.45) is 19.5. The molecule has 3 aliphatic rings. The number of nitrogens with two attached hydrogens (primary N) is 3. The second-order valence-electron chi connectivity index (χ2n) is 22.6. The zero-order chi connectivity index (χ0) is 59.3. The highest BCUT2D eigenvalue weighted by molar-refractivity contribution is 6.41. The van der Waals surface area contributed by atoms with Crippen LogP contribution in [0.2, 0.25) is 19.0 Å². The van der Waals surface area contributed by atoms with Crippen LogP contribution in [0.3, 0.4) is 0 Å². The fraction of sp³-hybridized carbons (Fsp3) is 0.694. The summed E-state index contributed by atoms with van der Waals surface area (Å²) in [4.78, 5) is 19.2. The van der Waals surface area contributed by atoms with Gasteiger partial charge in [0.25, 0.3) is 0 Å². The number of carbonyl (C=O) groups is 1. The lowest BCUT2D eigenvalue weighted by molar-refractivity contribution is -0.144. The molecule has 0 radical (unpaired) electrons. The molecule has 0 amide bonds. The van der Waals surface area contributed by atoms with Crippen molar-refractivity contribution in [2.45, 2.75) is 225 Å². The Hall–Kier alpha value is -3.23. The van der Waals surface area contributed by atoms with E-state index in [2.05, 4.69) is 83.1 Å². The highest BCUT2D eigenvalue weighted by atomic mass is 19.1. The smallest absolute Gasteiger partial charge is 0.451 e. The van der Waals surface area contributed by atoms with E-state index in [1.165, 1.54) is 67.4 Å². The number of hydrogen-bond acceptors (Lipinski definition) is 13. The van der Waals surface area contributed by atoms with E-state index in [0.717, 1.165) is 109 Å². The van der Waals surface area contributed by atoms with Crippen molar-refractivity contribution in [2.75, 3.05) is 39.3 Å². The molecular weight excluding hydrogens is 1010 g/mol. The minimum atomic E-state index is -1.34. The number of aliphatic carboxylic acids is 1. The van der Waals surface area contributed by atoms with E-state index in [9.17, 15) is 14.3 Å². The normalized spacial score (nSPS) is 17.9. The SMILES string of the molecule is CC.CC.CC(CC(N)CCCCB(O)O)N1CCC(Cc2ccccc2)CC1.CCN1Cc2ccccc2CC1CCC(N)(CCCCB(O)O)C(=O)O.NC(CCCCB(O)O)CCN1CCC(Cc2ccc(F)cc2)CC1. The van der Waals surface area contributed by atoms with Crippen molar-refractivity contribution in [3.63, 3.8) is 0 Å². The summed E-state index contributed by atoms with van der Waals surface area (Å²) in [5, 5.41) is 62.8. The molecule has 2 fully saturated rings. The number of hydrogen-bond donors (Lipinski definition) is 10. The average molecular weight is 1120 g/mol. The van der Waals surface area contributed by atoms with Crippen molar-refractivity contribution in [3.05, 3.63) is 107 Å². The van der Waals surface area contributed by atoms with Crippen LogP contribution in [0, 0.1) is 17.7 Å². The van der Waals surface area contributed by atoms with Gasteiger partial charge in [-0.1, -0.05) is 140 Å². The highest BCUT2D eigenvalue weighted by Gasteiger charge is 2.36. The Bertz CT molecular complexity index is 1990. The first kappa shape index (κ1) is 72.9. The van der Waals surface area contributed by atoms with Crippen LogP contribution >= 0.6 is 0 Å². The molecule has 3 heterocycles. The lowest BCUT2D eigenvalue weighted by Crippen LogP contribution is -2.50. The van der Waals surface area contributed by atoms with Gasteiger partial charge in [-0.15, -0.1) is 0 Å². The van der Waals surface area contributed by atoms with Crippen molar-refractivity contribution >= 4 is 27.3 Å². The molecule has 3 aromatic carbocycles. The van der Waals surface area contributed by atoms with Crippen molar-refractivity contribution in [3.8, 4) is 0 Å². The zero-order valence-electron chi connectivity index (χ0n) is 50.4. The topological polar surface area (TPSA) is 246 Å². The number of halogens is 1. The van der Waals surface area contributed by atoms with Gasteiger partial charge in [0.15, 0.2) is 0 Å². The first-order chi connectivity index (χ1) is 38.4. The molecule has 0 spiro atoms. The summed E-state index contributed by atoms with van der Waals surface area (Å²) in [6, 6.07) is 27.4. The maximum atomic E-state index is 13.0. The number of carboxylic acid groups (broad SMARTS) is 1. The first-order valence-electron chi connectivity index (χ1n) is 31.1. The van der Waals surface area contributed by atoms with Crippen molar-refractivity contribution < 1.29 is 44.4 Å². The molecule has 2 saturated heterocycles. The summed E-state index contributed by atoms with van der Waals surface area (Å²) in [5.74, 6) is 0.369. The molecule has 452 valence electrons. The van der Waals surface area contributed by atoms with Crippen LogP contribution in [0.15, 0.2) is 78.9 Å². The van der Waals surface area contributed by atoms with Gasteiger partial charge in [0.2, 0.25) is 0 Å². The second-order valence-corrected chi connectivity index (χ2v) is 22.6. The van der Waals surface area contributed by atoms with Gasteiger partial charge in [0.05, 0.1) is 0 Å². The zero-order valence-corrected chi connectivity index (χ0v) is 50.4. The molecule has 0 aliphatic carbocycles. The van der Waals surface area contributed by atoms with E-state index in [-0.39, 0.29) is 24.2 Å². The highest BCUT2D eigenvalue weighted by Crippen LogP contribution is 2.30. The quantitative estimate of drug-likeness (QED) is 0.0222. The Morgan fingerprint density at radius 1 is 0.650 bits per heavy atom. The standard InChI is InChI=1S/C20H35BN2O2.C19H32BFN2O2.C19H31BN2O4.2C2H6/c1-17(15-20(22)9-5-6-12-21(24)25)23-13-10-19(11-14-23)16-18-7-3-2-4-8-18;21-18-6-4-16(5-7-18)15-17-8-12-23(13-9-17)14-10-19(22)3-1-2-11-20(24)25;1-2-22-14-16-8-4-3-7-15(16)13-17(22)9-11-19(21,18(23)24)10-5-6-12-20(25)26;2*1-2/h2-4,7-8,17,19-20,24-25H,5-6,9-16,22H2,1H3;4-7,17,19,24-25H,1-3,8-15,22H2;3-4,7-8,17,25-26H,2,5-6,9-14,21H2,1H3,(H,23,24);2*1-2H3. The molecule has 14 nitrogen and oxygen atoms in total. The van der Waals surface area contributed by atoms with E-state index >= 15 is 0 Å². The lowest BCUT2D eigenvalue weighted by Gasteiger charge is -2.38. The van der Waals surface area contributed by atoms with E-state index in [1.54, 1.807) is 12.1 Å². The molecule has 3 aromatic rings. The van der Waals surface area contributed by atoms with Crippen LogP contribution in [-0.2, 0) is 30.6 Å². The molecule has 13 N–H and O–H groups in total. The predicted molar refractivity (Wildman–Crippen MR) is 331 cm³/mol. The molecular formula is C62H110B3FN6O8. The maximum absolute atomic E-state index is 13.0. The number of likely N-dealkylation sites (tertiary alicyclic amines) is 2. The van der Waals surface area contributed by atoms with E-state index in [1.807, 2.05) is 39.8 Å². The van der Waals surface area contributed by atoms with E-state index in [4.69, 9.17) is 47.3 Å². The Morgan fingerprint density at radius 3 is 1.66 bits per heavy atom. The number of benzene rings is 3. The van der Waals surface area contributed by atoms with Crippen LogP contribution in [-0.4, -0.2) is 146 Å². The van der Waals surface area contributed by atoms with Gasteiger partial charge in [-0.2, -0.15) is 0 Å². The molecule has 6 rings (SSSR count). The molecule has 0 aromatic heterocycles. The molecule has 0 bridgehead atoms. The monoisotopic (exact) mass is 1120 g/mol. The number of nitrogens with zero attached hydrogens (tertiary/aromatic N) is 3. The summed E-state index contributed by atoms with van der Waals surface area (Å²) >= 11 is 0. The van der Waals surface area contributed by atoms with Gasteiger partial charge in [0.1, 0.15) is 11.4 Å². The van der Waals surface area contributed by atoms with Crippen molar-refractivity contribution in [1.29, 1.82) is 0 Å². The Balaban J connectivity index is 0.000000397. The third-order valence-electron chi connectivity index (χ3n) is 16.4. The summed E-state index contributed by atoms with van der Waals surface area (Å²) in [5.41, 5.74) is 22.8. The van der Waals surface area contributed by atoms with Gasteiger partial charge >= 0.3 is 27.3 Å². The van der Waals surface area contributed by atoms with Gasteiger partial charge < -0.3 is 62.3 Å². The fourth-order valence-electron chi connectivity index (χ4n) is 11.4. The van der Waals surface area contributed by atoms with Gasteiger partial charge in [0, 0.05) is 30.7 Å². The van der Waals surface area contributed by atoms with E-state index in [0.29, 0.717) is 56.3 Å². The molecule has 80 heavy (non-hydrogen) atoms. The number of likely N-dealkylation sites (N-methyl/N-ethyl adjacent to an activating group) is 1. The molecule has 0 saturated carbocycles. The number of unbranched alkanes of at least 4 members (excludes halogenated alkanes) is 3. The number of rotatable bonds is 30. The van der Waals surface area contributed by atoms with Crippen LogP contribution in [0.4, 0.5) is 4.39 Å². The van der Waals surface area contributed by atoms with Crippen molar-refractivity contribution in [1.82, 2.24) is 14.7 Å². The molecule has 5 atom stereocenters. The average Bonchev–Trinajstić information content (AvgIpc) is 3.45. The fourth-order valence-corrected chi connectivity index (χ4v) is 11.4. The van der Waals surface area contributed by atoms with E-state index < -0.39 is 32.9 Å². The number of fused-ring (bicyclic) bond motifs is 1. The van der Waals surface area contributed by atoms with Gasteiger partial charge in [-0.05, 0) is 201 Å². The number of carboxylic acids is 1.